The average molecular weight is 466 g/mol. The molecule has 2 aromatic heterocycles. The zero-order valence-electron chi connectivity index (χ0n) is 19.0. The Labute approximate surface area is 197 Å². The molecule has 0 bridgehead atoms. The maximum atomic E-state index is 13.2. The highest BCUT2D eigenvalue weighted by molar-refractivity contribution is 6.31. The van der Waals surface area contributed by atoms with Gasteiger partial charge in [-0.3, -0.25) is 14.2 Å². The summed E-state index contributed by atoms with van der Waals surface area (Å²) >= 11 is 6.25. The molecule has 4 aromatic rings. The summed E-state index contributed by atoms with van der Waals surface area (Å²) in [6.07, 6.45) is 0. The van der Waals surface area contributed by atoms with Crippen molar-refractivity contribution >= 4 is 23.2 Å². The normalized spacial score (nSPS) is 11.1. The van der Waals surface area contributed by atoms with Crippen LogP contribution in [0.2, 0.25) is 5.02 Å². The number of aromatic nitrogens is 4. The predicted molar refractivity (Wildman–Crippen MR) is 127 cm³/mol. The van der Waals surface area contributed by atoms with Gasteiger partial charge in [0.05, 0.1) is 46.6 Å². The largest absolute Gasteiger partial charge is 0.319 e. The van der Waals surface area contributed by atoms with Crippen molar-refractivity contribution in [2.45, 2.75) is 40.8 Å². The van der Waals surface area contributed by atoms with E-state index in [0.717, 1.165) is 33.9 Å². The second-order valence-electron chi connectivity index (χ2n) is 8.13. The molecule has 0 saturated carbocycles. The first-order valence-corrected chi connectivity index (χ1v) is 11.0. The van der Waals surface area contributed by atoms with Gasteiger partial charge in [0.15, 0.2) is 0 Å². The van der Waals surface area contributed by atoms with Crippen LogP contribution in [0.5, 0.6) is 0 Å². The van der Waals surface area contributed by atoms with Crippen LogP contribution in [-0.2, 0) is 13.1 Å². The topological polar surface area (TPSA) is 64.7 Å². The molecule has 1 amide bonds. The van der Waals surface area contributed by atoms with Crippen LogP contribution >= 0.6 is 11.6 Å². The van der Waals surface area contributed by atoms with Gasteiger partial charge in [-0.15, -0.1) is 0 Å². The number of hydrogen-bond donors (Lipinski definition) is 1. The van der Waals surface area contributed by atoms with Gasteiger partial charge in [-0.25, -0.2) is 4.39 Å². The van der Waals surface area contributed by atoms with Gasteiger partial charge < -0.3 is 5.32 Å². The molecule has 8 heteroatoms. The number of anilines is 1. The first kappa shape index (κ1) is 22.7. The second-order valence-corrected chi connectivity index (χ2v) is 8.50. The molecule has 170 valence electrons. The highest BCUT2D eigenvalue weighted by Gasteiger charge is 2.16. The van der Waals surface area contributed by atoms with Crippen molar-refractivity contribution in [2.75, 3.05) is 5.32 Å². The Morgan fingerprint density at radius 1 is 0.909 bits per heavy atom. The Balaban J connectivity index is 1.51. The lowest BCUT2D eigenvalue weighted by molar-refractivity contribution is 0.102. The SMILES string of the molecule is Cc1nn(Cc2cccc(C(=O)Nc3c(C)nn(Cc4ccc(F)cc4)c3C)c2)c(C)c1Cl. The van der Waals surface area contributed by atoms with E-state index in [0.29, 0.717) is 29.4 Å². The molecule has 1 N–H and O–H groups in total. The second kappa shape index (κ2) is 9.19. The lowest BCUT2D eigenvalue weighted by Gasteiger charge is -2.09. The summed E-state index contributed by atoms with van der Waals surface area (Å²) in [5, 5.41) is 12.7. The Morgan fingerprint density at radius 3 is 2.21 bits per heavy atom. The summed E-state index contributed by atoms with van der Waals surface area (Å²) in [6, 6.07) is 13.8. The van der Waals surface area contributed by atoms with Crippen LogP contribution in [0.1, 0.15) is 44.3 Å². The van der Waals surface area contributed by atoms with E-state index in [-0.39, 0.29) is 11.7 Å². The number of rotatable bonds is 6. The molecule has 0 aliphatic rings. The molecule has 0 aliphatic carbocycles. The lowest BCUT2D eigenvalue weighted by atomic mass is 10.1. The Morgan fingerprint density at radius 2 is 1.55 bits per heavy atom. The Bertz CT molecular complexity index is 1320. The van der Waals surface area contributed by atoms with E-state index in [2.05, 4.69) is 15.5 Å². The first-order valence-electron chi connectivity index (χ1n) is 10.6. The van der Waals surface area contributed by atoms with Gasteiger partial charge in [0.25, 0.3) is 5.91 Å². The minimum absolute atomic E-state index is 0.212. The fourth-order valence-electron chi connectivity index (χ4n) is 3.79. The summed E-state index contributed by atoms with van der Waals surface area (Å²) in [7, 11) is 0. The quantitative estimate of drug-likeness (QED) is 0.411. The number of carbonyl (C=O) groups is 1. The van der Waals surface area contributed by atoms with E-state index in [1.54, 1.807) is 22.9 Å². The molecular weight excluding hydrogens is 441 g/mol. The van der Waals surface area contributed by atoms with Gasteiger partial charge >= 0.3 is 0 Å². The maximum absolute atomic E-state index is 13.2. The van der Waals surface area contributed by atoms with E-state index < -0.39 is 0 Å². The fraction of sp³-hybridized carbons (Fsp3) is 0.240. The molecule has 6 nitrogen and oxygen atoms in total. The molecule has 2 aromatic carbocycles. The zero-order chi connectivity index (χ0) is 23.7. The fourth-order valence-corrected chi connectivity index (χ4v) is 3.93. The Hall–Kier alpha value is -3.45. The van der Waals surface area contributed by atoms with Gasteiger partial charge in [-0.1, -0.05) is 35.9 Å². The number of amides is 1. The molecule has 0 unspecified atom stereocenters. The van der Waals surface area contributed by atoms with Crippen molar-refractivity contribution in [1.29, 1.82) is 0 Å². The van der Waals surface area contributed by atoms with Gasteiger partial charge in [-0.05, 0) is 63.1 Å². The van der Waals surface area contributed by atoms with E-state index in [1.807, 2.05) is 50.6 Å². The number of carbonyl (C=O) groups excluding carboxylic acids is 1. The minimum Gasteiger partial charge on any atom is -0.319 e. The van der Waals surface area contributed by atoms with E-state index in [9.17, 15) is 9.18 Å². The highest BCUT2D eigenvalue weighted by Crippen LogP contribution is 2.23. The molecule has 0 aliphatic heterocycles. The van der Waals surface area contributed by atoms with E-state index in [1.165, 1.54) is 12.1 Å². The van der Waals surface area contributed by atoms with Gasteiger partial charge in [0.1, 0.15) is 5.82 Å². The molecule has 4 rings (SSSR count). The van der Waals surface area contributed by atoms with Crippen molar-refractivity contribution in [2.24, 2.45) is 0 Å². The zero-order valence-corrected chi connectivity index (χ0v) is 19.7. The standard InChI is InChI=1S/C25H25ClFN5O/c1-15-23(26)17(3)31(29-15)14-20-6-5-7-21(12-20)25(33)28-24-16(2)30-32(18(24)4)13-19-8-10-22(27)11-9-19/h5-12H,13-14H2,1-4H3,(H,28,33). The maximum Gasteiger partial charge on any atom is 0.255 e. The molecule has 2 heterocycles. The number of nitrogens with one attached hydrogen (secondary N) is 1. The summed E-state index contributed by atoms with van der Waals surface area (Å²) in [5.41, 5.74) is 6.33. The van der Waals surface area contributed by atoms with Crippen LogP contribution in [0.3, 0.4) is 0 Å². The summed E-state index contributed by atoms with van der Waals surface area (Å²) < 4.78 is 16.8. The molecule has 0 radical (unpaired) electrons. The van der Waals surface area contributed by atoms with Crippen LogP contribution < -0.4 is 5.32 Å². The molecule has 0 fully saturated rings. The average Bonchev–Trinajstić information content (AvgIpc) is 3.19. The minimum atomic E-state index is -0.275. The summed E-state index contributed by atoms with van der Waals surface area (Å²) in [5.74, 6) is -0.487. The van der Waals surface area contributed by atoms with Gasteiger partial charge in [0.2, 0.25) is 0 Å². The Kier molecular flexibility index (Phi) is 6.33. The predicted octanol–water partition coefficient (Wildman–Crippen LogP) is 5.45. The lowest BCUT2D eigenvalue weighted by Crippen LogP contribution is -2.14. The molecule has 33 heavy (non-hydrogen) atoms. The summed E-state index contributed by atoms with van der Waals surface area (Å²) in [4.78, 5) is 13.0. The smallest absolute Gasteiger partial charge is 0.255 e. The number of hydrogen-bond acceptors (Lipinski definition) is 3. The van der Waals surface area contributed by atoms with Crippen molar-refractivity contribution < 1.29 is 9.18 Å². The first-order chi connectivity index (χ1) is 15.7. The van der Waals surface area contributed by atoms with Crippen molar-refractivity contribution in [3.8, 4) is 0 Å². The van der Waals surface area contributed by atoms with Crippen molar-refractivity contribution in [3.05, 3.63) is 98.8 Å². The number of halogens is 2. The summed E-state index contributed by atoms with van der Waals surface area (Å²) in [6.45, 7) is 8.57. The van der Waals surface area contributed by atoms with Gasteiger partial charge in [-0.2, -0.15) is 10.2 Å². The molecule has 0 saturated heterocycles. The van der Waals surface area contributed by atoms with E-state index >= 15 is 0 Å². The third kappa shape index (κ3) is 4.83. The molecule has 0 atom stereocenters. The monoisotopic (exact) mass is 465 g/mol. The van der Waals surface area contributed by atoms with Crippen LogP contribution in [0.25, 0.3) is 0 Å². The molecular formula is C25H25ClFN5O. The molecule has 0 spiro atoms. The third-order valence-electron chi connectivity index (χ3n) is 5.68. The van der Waals surface area contributed by atoms with Crippen LogP contribution in [0, 0.1) is 33.5 Å². The van der Waals surface area contributed by atoms with Crippen LogP contribution in [0.4, 0.5) is 10.1 Å². The number of aryl methyl sites for hydroxylation is 2. The number of benzene rings is 2. The highest BCUT2D eigenvalue weighted by atomic mass is 35.5. The third-order valence-corrected chi connectivity index (χ3v) is 6.23. The van der Waals surface area contributed by atoms with E-state index in [4.69, 9.17) is 11.6 Å². The number of nitrogens with zero attached hydrogens (tertiary/aromatic N) is 4. The van der Waals surface area contributed by atoms with Crippen molar-refractivity contribution in [3.63, 3.8) is 0 Å². The van der Waals surface area contributed by atoms with Crippen molar-refractivity contribution in [1.82, 2.24) is 19.6 Å². The van der Waals surface area contributed by atoms with Gasteiger partial charge in [0, 0.05) is 5.56 Å². The van der Waals surface area contributed by atoms with Crippen LogP contribution in [0.15, 0.2) is 48.5 Å². The van der Waals surface area contributed by atoms with Crippen LogP contribution in [-0.4, -0.2) is 25.5 Å².